The molecule has 88 valence electrons. The zero-order valence-electron chi connectivity index (χ0n) is 9.96. The van der Waals surface area contributed by atoms with Crippen molar-refractivity contribution >= 4 is 17.3 Å². The van der Waals surface area contributed by atoms with Crippen LogP contribution in [-0.2, 0) is 6.54 Å². The number of hydrogen-bond acceptors (Lipinski definition) is 2. The molecule has 1 aliphatic carbocycles. The van der Waals surface area contributed by atoms with Gasteiger partial charge in [-0.15, -0.1) is 0 Å². The highest BCUT2D eigenvalue weighted by Gasteiger charge is 2.20. The minimum absolute atomic E-state index is 0.731. The number of nitrogens with zero attached hydrogens (tertiary/aromatic N) is 1. The van der Waals surface area contributed by atoms with Crippen LogP contribution in [0.2, 0.25) is 5.02 Å². The molecule has 1 aromatic carbocycles. The fraction of sp³-hybridized carbons (Fsp3) is 0.538. The maximum Gasteiger partial charge on any atom is 0.0471 e. The Morgan fingerprint density at radius 1 is 1.44 bits per heavy atom. The van der Waals surface area contributed by atoms with E-state index in [9.17, 15) is 0 Å². The molecule has 0 heterocycles. The van der Waals surface area contributed by atoms with Gasteiger partial charge < -0.3 is 10.2 Å². The van der Waals surface area contributed by atoms with E-state index < -0.39 is 0 Å². The quantitative estimate of drug-likeness (QED) is 0.848. The first-order chi connectivity index (χ1) is 7.70. The van der Waals surface area contributed by atoms with Crippen molar-refractivity contribution in [2.24, 2.45) is 0 Å². The summed E-state index contributed by atoms with van der Waals surface area (Å²) in [6, 6.07) is 7.04. The predicted octanol–water partition coefficient (Wildman–Crippen LogP) is 3.05. The summed E-state index contributed by atoms with van der Waals surface area (Å²) in [4.78, 5) is 2.18. The van der Waals surface area contributed by atoms with Crippen LogP contribution < -0.4 is 10.2 Å². The van der Waals surface area contributed by atoms with Gasteiger partial charge in [0.1, 0.15) is 0 Å². The Bertz CT molecular complexity index is 361. The zero-order chi connectivity index (χ0) is 11.5. The SMILES string of the molecule is CCN(C)c1ccc(CNC2CC2)c(Cl)c1. The van der Waals surface area contributed by atoms with Gasteiger partial charge in [-0.05, 0) is 37.5 Å². The van der Waals surface area contributed by atoms with Crippen molar-refractivity contribution in [1.82, 2.24) is 5.32 Å². The van der Waals surface area contributed by atoms with Gasteiger partial charge in [0.2, 0.25) is 0 Å². The highest BCUT2D eigenvalue weighted by Crippen LogP contribution is 2.25. The summed E-state index contributed by atoms with van der Waals surface area (Å²) < 4.78 is 0. The molecule has 0 saturated heterocycles. The molecule has 1 aromatic rings. The van der Waals surface area contributed by atoms with Crippen LogP contribution in [0.25, 0.3) is 0 Å². The van der Waals surface area contributed by atoms with Crippen LogP contribution in [-0.4, -0.2) is 19.6 Å². The molecule has 0 bridgehead atoms. The van der Waals surface area contributed by atoms with Gasteiger partial charge in [0.25, 0.3) is 0 Å². The third-order valence-electron chi connectivity index (χ3n) is 3.11. The van der Waals surface area contributed by atoms with Crippen LogP contribution in [0.4, 0.5) is 5.69 Å². The van der Waals surface area contributed by atoms with Crippen LogP contribution in [0.5, 0.6) is 0 Å². The van der Waals surface area contributed by atoms with E-state index >= 15 is 0 Å². The standard InChI is InChI=1S/C13H19ClN2/c1-3-16(2)12-7-4-10(13(14)8-12)9-15-11-5-6-11/h4,7-8,11,15H,3,5-6,9H2,1-2H3. The highest BCUT2D eigenvalue weighted by atomic mass is 35.5. The van der Waals surface area contributed by atoms with Gasteiger partial charge in [0.05, 0.1) is 0 Å². The predicted molar refractivity (Wildman–Crippen MR) is 70.3 cm³/mol. The van der Waals surface area contributed by atoms with Gasteiger partial charge >= 0.3 is 0 Å². The van der Waals surface area contributed by atoms with E-state index in [1.165, 1.54) is 24.1 Å². The second-order valence-corrected chi connectivity index (χ2v) is 4.85. The lowest BCUT2D eigenvalue weighted by atomic mass is 10.2. The topological polar surface area (TPSA) is 15.3 Å². The van der Waals surface area contributed by atoms with E-state index in [0.29, 0.717) is 0 Å². The molecule has 0 amide bonds. The van der Waals surface area contributed by atoms with Crippen LogP contribution in [0.1, 0.15) is 25.3 Å². The molecule has 0 spiro atoms. The third kappa shape index (κ3) is 2.89. The van der Waals surface area contributed by atoms with Crippen molar-refractivity contribution in [2.75, 3.05) is 18.5 Å². The number of anilines is 1. The number of benzene rings is 1. The Kier molecular flexibility index (Phi) is 3.72. The summed E-state index contributed by atoms with van der Waals surface area (Å²) in [5.74, 6) is 0. The van der Waals surface area contributed by atoms with Crippen molar-refractivity contribution in [2.45, 2.75) is 32.4 Å². The maximum absolute atomic E-state index is 6.27. The average Bonchev–Trinajstić information content (AvgIpc) is 3.10. The Balaban J connectivity index is 2.02. The smallest absolute Gasteiger partial charge is 0.0471 e. The summed E-state index contributed by atoms with van der Waals surface area (Å²) >= 11 is 6.27. The fourth-order valence-corrected chi connectivity index (χ4v) is 1.88. The number of halogens is 1. The lowest BCUT2D eigenvalue weighted by Crippen LogP contribution is -2.17. The molecule has 16 heavy (non-hydrogen) atoms. The van der Waals surface area contributed by atoms with E-state index in [1.807, 2.05) is 0 Å². The summed E-state index contributed by atoms with van der Waals surface area (Å²) in [6.07, 6.45) is 2.63. The van der Waals surface area contributed by atoms with E-state index in [0.717, 1.165) is 24.2 Å². The first-order valence-corrected chi connectivity index (χ1v) is 6.31. The minimum Gasteiger partial charge on any atom is -0.375 e. The molecule has 2 nitrogen and oxygen atoms in total. The summed E-state index contributed by atoms with van der Waals surface area (Å²) in [5.41, 5.74) is 2.38. The van der Waals surface area contributed by atoms with Crippen molar-refractivity contribution in [3.63, 3.8) is 0 Å². The van der Waals surface area contributed by atoms with Gasteiger partial charge in [-0.2, -0.15) is 0 Å². The Hall–Kier alpha value is -0.730. The molecule has 0 radical (unpaired) electrons. The first kappa shape index (κ1) is 11.7. The minimum atomic E-state index is 0.731. The second kappa shape index (κ2) is 5.07. The monoisotopic (exact) mass is 238 g/mol. The van der Waals surface area contributed by atoms with Crippen molar-refractivity contribution < 1.29 is 0 Å². The third-order valence-corrected chi connectivity index (χ3v) is 3.46. The molecule has 0 aromatic heterocycles. The highest BCUT2D eigenvalue weighted by molar-refractivity contribution is 6.31. The summed E-state index contributed by atoms with van der Waals surface area (Å²) in [7, 11) is 2.08. The van der Waals surface area contributed by atoms with Gasteiger partial charge in [0.15, 0.2) is 0 Å². The molecular weight excluding hydrogens is 220 g/mol. The number of nitrogens with one attached hydrogen (secondary N) is 1. The Morgan fingerprint density at radius 2 is 2.19 bits per heavy atom. The van der Waals surface area contributed by atoms with Gasteiger partial charge in [-0.25, -0.2) is 0 Å². The van der Waals surface area contributed by atoms with Crippen LogP contribution in [0.15, 0.2) is 18.2 Å². The Morgan fingerprint density at radius 3 is 2.75 bits per heavy atom. The van der Waals surface area contributed by atoms with Crippen molar-refractivity contribution in [1.29, 1.82) is 0 Å². The molecule has 0 atom stereocenters. The molecular formula is C13H19ClN2. The maximum atomic E-state index is 6.27. The Labute approximate surface area is 103 Å². The summed E-state index contributed by atoms with van der Waals surface area (Å²) in [5, 5.41) is 4.34. The lowest BCUT2D eigenvalue weighted by Gasteiger charge is -2.18. The molecule has 1 aliphatic rings. The molecule has 1 N–H and O–H groups in total. The molecule has 1 fully saturated rings. The molecule has 0 unspecified atom stereocenters. The number of rotatable bonds is 5. The average molecular weight is 239 g/mol. The van der Waals surface area contributed by atoms with E-state index in [-0.39, 0.29) is 0 Å². The lowest BCUT2D eigenvalue weighted by molar-refractivity contribution is 0.688. The fourth-order valence-electron chi connectivity index (χ4n) is 1.64. The van der Waals surface area contributed by atoms with Crippen molar-refractivity contribution in [3.8, 4) is 0 Å². The van der Waals surface area contributed by atoms with Gasteiger partial charge in [0, 0.05) is 36.9 Å². The molecule has 2 rings (SSSR count). The van der Waals surface area contributed by atoms with Crippen LogP contribution in [0.3, 0.4) is 0 Å². The van der Waals surface area contributed by atoms with E-state index in [1.54, 1.807) is 0 Å². The largest absolute Gasteiger partial charge is 0.375 e. The van der Waals surface area contributed by atoms with Gasteiger partial charge in [-0.1, -0.05) is 17.7 Å². The van der Waals surface area contributed by atoms with Crippen molar-refractivity contribution in [3.05, 3.63) is 28.8 Å². The van der Waals surface area contributed by atoms with Crippen LogP contribution >= 0.6 is 11.6 Å². The molecule has 1 saturated carbocycles. The zero-order valence-corrected chi connectivity index (χ0v) is 10.7. The molecule has 0 aliphatic heterocycles. The van der Waals surface area contributed by atoms with Gasteiger partial charge in [-0.3, -0.25) is 0 Å². The normalized spacial score (nSPS) is 15.2. The molecule has 3 heteroatoms. The summed E-state index contributed by atoms with van der Waals surface area (Å²) in [6.45, 7) is 4.02. The van der Waals surface area contributed by atoms with Crippen LogP contribution in [0, 0.1) is 0 Å². The van der Waals surface area contributed by atoms with E-state index in [4.69, 9.17) is 11.6 Å². The second-order valence-electron chi connectivity index (χ2n) is 4.45. The number of hydrogen-bond donors (Lipinski definition) is 1. The first-order valence-electron chi connectivity index (χ1n) is 5.93. The van der Waals surface area contributed by atoms with E-state index in [2.05, 4.69) is 42.4 Å².